The Hall–Kier alpha value is -3.66. The first-order valence-corrected chi connectivity index (χ1v) is 12.7. The number of benzene rings is 1. The molecule has 1 aliphatic rings. The average molecular weight is 483 g/mol. The first-order chi connectivity index (χ1) is 17.6. The molecule has 2 heterocycles. The number of hydrogen-bond acceptors (Lipinski definition) is 4. The van der Waals surface area contributed by atoms with Gasteiger partial charge in [-0.15, -0.1) is 0 Å². The molecule has 2 N–H and O–H groups in total. The highest BCUT2D eigenvalue weighted by atomic mass is 16.5. The highest BCUT2D eigenvalue weighted by Gasteiger charge is 2.09. The Bertz CT molecular complexity index is 1220. The molecular weight excluding hydrogens is 444 g/mol. The van der Waals surface area contributed by atoms with E-state index in [1.165, 1.54) is 5.39 Å². The van der Waals surface area contributed by atoms with E-state index in [-0.39, 0.29) is 6.10 Å². The molecule has 1 aromatic carbocycles. The van der Waals surface area contributed by atoms with Gasteiger partial charge >= 0.3 is 0 Å². The Kier molecular flexibility index (Phi) is 11.0. The zero-order chi connectivity index (χ0) is 25.6. The number of allylic oxidation sites excluding steroid dienone is 6. The van der Waals surface area contributed by atoms with Gasteiger partial charge in [0.25, 0.3) is 0 Å². The fraction of sp³-hybridized carbons (Fsp3) is 0.323. The average Bonchev–Trinajstić information content (AvgIpc) is 3.38. The predicted molar refractivity (Wildman–Crippen MR) is 154 cm³/mol. The molecule has 0 bridgehead atoms. The summed E-state index contributed by atoms with van der Waals surface area (Å²) in [7, 11) is 0. The minimum atomic E-state index is 0.261. The maximum Gasteiger partial charge on any atom is 0.0982 e. The lowest BCUT2D eigenvalue weighted by atomic mass is 10.0. The molecule has 0 fully saturated rings. The topological polar surface area (TPSA) is 61.8 Å². The van der Waals surface area contributed by atoms with Crippen LogP contribution in [0.5, 0.6) is 0 Å². The van der Waals surface area contributed by atoms with E-state index in [9.17, 15) is 0 Å². The number of fused-ring (bicyclic) bond motifs is 1. The number of nitrogens with one attached hydrogen (secondary N) is 2. The molecule has 0 radical (unpaired) electrons. The van der Waals surface area contributed by atoms with Gasteiger partial charge in [-0.25, -0.2) is 0 Å². The van der Waals surface area contributed by atoms with Crippen LogP contribution in [0.4, 0.5) is 0 Å². The molecule has 0 aliphatic carbocycles. The summed E-state index contributed by atoms with van der Waals surface area (Å²) in [5.74, 6) is 0.437. The molecule has 1 aliphatic heterocycles. The van der Waals surface area contributed by atoms with Crippen molar-refractivity contribution in [2.45, 2.75) is 52.6 Å². The van der Waals surface area contributed by atoms with Crippen LogP contribution >= 0.6 is 0 Å². The van der Waals surface area contributed by atoms with Crippen LogP contribution in [0.15, 0.2) is 100 Å². The number of hydrazone groups is 1. The van der Waals surface area contributed by atoms with Gasteiger partial charge in [0.1, 0.15) is 0 Å². The summed E-state index contributed by atoms with van der Waals surface area (Å²) >= 11 is 0. The van der Waals surface area contributed by atoms with Crippen molar-refractivity contribution in [2.75, 3.05) is 6.61 Å². The Morgan fingerprint density at radius 3 is 2.86 bits per heavy atom. The van der Waals surface area contributed by atoms with E-state index >= 15 is 0 Å². The van der Waals surface area contributed by atoms with Gasteiger partial charge in [0.15, 0.2) is 0 Å². The molecule has 0 amide bonds. The number of H-pyrrole nitrogens is 1. The fourth-order valence-corrected chi connectivity index (χ4v) is 3.83. The number of aromatic nitrogens is 1. The molecule has 3 rings (SSSR count). The van der Waals surface area contributed by atoms with Gasteiger partial charge in [-0.2, -0.15) is 5.10 Å². The molecule has 2 unspecified atom stereocenters. The Morgan fingerprint density at radius 1 is 1.22 bits per heavy atom. The van der Waals surface area contributed by atoms with Gasteiger partial charge < -0.3 is 9.72 Å². The number of hydrogen-bond donors (Lipinski definition) is 2. The lowest BCUT2D eigenvalue weighted by Crippen LogP contribution is -2.14. The molecular formula is C31H38N4O. The summed E-state index contributed by atoms with van der Waals surface area (Å²) in [6, 6.07) is 8.41. The maximum absolute atomic E-state index is 6.09. The molecule has 5 heteroatoms. The van der Waals surface area contributed by atoms with Crippen LogP contribution in [0.3, 0.4) is 0 Å². The van der Waals surface area contributed by atoms with E-state index in [2.05, 4.69) is 89.3 Å². The third-order valence-electron chi connectivity index (χ3n) is 6.09. The summed E-state index contributed by atoms with van der Waals surface area (Å²) in [6.07, 6.45) is 22.3. The van der Waals surface area contributed by atoms with Crippen molar-refractivity contribution in [3.05, 3.63) is 95.7 Å². The maximum atomic E-state index is 6.09. The standard InChI is InChI=1S/C31H38N4O/c1-5-7-8-27(32-4)20-22-36-30(6-2)18-10-24(3)9-14-28-16-17-29(35-34-28)15-12-25-11-13-26-19-21-33-31(26)23-25/h5,7-9,11-16,19,21,23-24,30,33,35H,4,6,10,18,20,22H2,1-3H3/b7-5-,14-9+,15-12+,27-8-. The van der Waals surface area contributed by atoms with Crippen molar-refractivity contribution in [1.82, 2.24) is 10.4 Å². The number of aliphatic imine (C=N–C) groups is 1. The van der Waals surface area contributed by atoms with E-state index in [0.29, 0.717) is 12.5 Å². The fourth-order valence-electron chi connectivity index (χ4n) is 3.83. The van der Waals surface area contributed by atoms with Gasteiger partial charge in [-0.3, -0.25) is 10.4 Å². The van der Waals surface area contributed by atoms with E-state index < -0.39 is 0 Å². The molecule has 1 aromatic heterocycles. The number of rotatable bonds is 14. The van der Waals surface area contributed by atoms with E-state index in [1.807, 2.05) is 43.5 Å². The second kappa shape index (κ2) is 14.7. The molecule has 2 aromatic rings. The van der Waals surface area contributed by atoms with Gasteiger partial charge in [-0.1, -0.05) is 56.0 Å². The van der Waals surface area contributed by atoms with Crippen LogP contribution in [0.25, 0.3) is 17.0 Å². The molecule has 0 saturated carbocycles. The van der Waals surface area contributed by atoms with Gasteiger partial charge in [-0.05, 0) is 80.1 Å². The van der Waals surface area contributed by atoms with Crippen LogP contribution in [0.1, 0.15) is 52.0 Å². The van der Waals surface area contributed by atoms with Crippen LogP contribution in [0.2, 0.25) is 0 Å². The first kappa shape index (κ1) is 26.9. The molecule has 188 valence electrons. The predicted octanol–water partition coefficient (Wildman–Crippen LogP) is 7.50. The SMILES string of the molecule is C=N/C(=C\C=C/C)CCOC(CC)CCC(C)/C=C/C1=NNC(/C=C/c2ccc3cc[nH]c3c2)=C=C1. The Morgan fingerprint density at radius 2 is 2.11 bits per heavy atom. The van der Waals surface area contributed by atoms with E-state index in [1.54, 1.807) is 0 Å². The smallest absolute Gasteiger partial charge is 0.0982 e. The second-order valence-corrected chi connectivity index (χ2v) is 8.92. The largest absolute Gasteiger partial charge is 0.378 e. The van der Waals surface area contributed by atoms with Crippen molar-refractivity contribution in [2.24, 2.45) is 16.0 Å². The van der Waals surface area contributed by atoms with E-state index in [4.69, 9.17) is 4.74 Å². The quantitative estimate of drug-likeness (QED) is 0.166. The molecule has 2 atom stereocenters. The lowest BCUT2D eigenvalue weighted by Gasteiger charge is -2.17. The highest BCUT2D eigenvalue weighted by molar-refractivity contribution is 6.04. The molecule has 0 saturated heterocycles. The van der Waals surface area contributed by atoms with E-state index in [0.717, 1.165) is 53.9 Å². The van der Waals surface area contributed by atoms with Crippen LogP contribution in [-0.4, -0.2) is 30.1 Å². The van der Waals surface area contributed by atoms with Crippen molar-refractivity contribution in [3.63, 3.8) is 0 Å². The normalized spacial score (nSPS) is 16.0. The van der Waals surface area contributed by atoms with Gasteiger partial charge in [0, 0.05) is 29.9 Å². The number of nitrogens with zero attached hydrogens (tertiary/aromatic N) is 2. The summed E-state index contributed by atoms with van der Waals surface area (Å²) in [5.41, 5.74) is 11.3. The Balaban J connectivity index is 1.42. The molecule has 36 heavy (non-hydrogen) atoms. The third kappa shape index (κ3) is 8.84. The monoisotopic (exact) mass is 482 g/mol. The van der Waals surface area contributed by atoms with Crippen molar-refractivity contribution >= 4 is 29.4 Å². The van der Waals surface area contributed by atoms with Crippen LogP contribution in [-0.2, 0) is 4.74 Å². The summed E-state index contributed by atoms with van der Waals surface area (Å²) in [4.78, 5) is 7.31. The summed E-state index contributed by atoms with van der Waals surface area (Å²) in [6.45, 7) is 10.7. The third-order valence-corrected chi connectivity index (χ3v) is 6.09. The minimum absolute atomic E-state index is 0.261. The minimum Gasteiger partial charge on any atom is -0.378 e. The summed E-state index contributed by atoms with van der Waals surface area (Å²) < 4.78 is 6.09. The zero-order valence-electron chi connectivity index (χ0n) is 21.7. The van der Waals surface area contributed by atoms with Gasteiger partial charge in [0.05, 0.1) is 24.1 Å². The van der Waals surface area contributed by atoms with Crippen molar-refractivity contribution in [3.8, 4) is 0 Å². The number of ether oxygens (including phenoxy) is 1. The van der Waals surface area contributed by atoms with Crippen LogP contribution in [0, 0.1) is 5.92 Å². The Labute approximate surface area is 215 Å². The van der Waals surface area contributed by atoms with Crippen molar-refractivity contribution < 1.29 is 4.74 Å². The summed E-state index contributed by atoms with van der Waals surface area (Å²) in [5, 5.41) is 5.66. The first-order valence-electron chi connectivity index (χ1n) is 12.7. The molecule has 0 spiro atoms. The number of aromatic amines is 1. The van der Waals surface area contributed by atoms with Crippen molar-refractivity contribution in [1.29, 1.82) is 0 Å². The zero-order valence-corrected chi connectivity index (χ0v) is 21.7. The second-order valence-electron chi connectivity index (χ2n) is 8.92. The lowest BCUT2D eigenvalue weighted by molar-refractivity contribution is 0.0439. The highest BCUT2D eigenvalue weighted by Crippen LogP contribution is 2.17. The molecule has 5 nitrogen and oxygen atoms in total. The van der Waals surface area contributed by atoms with Gasteiger partial charge in [0.2, 0.25) is 0 Å². The van der Waals surface area contributed by atoms with Crippen LogP contribution < -0.4 is 5.43 Å².